The molecular weight excluding hydrogens is 204 g/mol. The normalized spacial score (nSPS) is 9.67. The van der Waals surface area contributed by atoms with Crippen molar-refractivity contribution in [2.24, 2.45) is 7.05 Å². The summed E-state index contributed by atoms with van der Waals surface area (Å²) in [5, 5.41) is 2.20. The Morgan fingerprint density at radius 2 is 1.87 bits per heavy atom. The lowest BCUT2D eigenvalue weighted by Gasteiger charge is -1.86. The fourth-order valence-electron chi connectivity index (χ4n) is 1.17. The molecule has 2 heterocycles. The van der Waals surface area contributed by atoms with Gasteiger partial charge in [-0.25, -0.2) is 4.98 Å². The van der Waals surface area contributed by atoms with Crippen molar-refractivity contribution >= 4 is 11.3 Å². The molecule has 82 valence electrons. The molecule has 0 N–H and O–H groups in total. The number of thiophene rings is 1. The molecule has 2 nitrogen and oxygen atoms in total. The first-order valence-electron chi connectivity index (χ1n) is 4.96. The van der Waals surface area contributed by atoms with Crippen molar-refractivity contribution in [2.45, 2.75) is 27.7 Å². The van der Waals surface area contributed by atoms with Crippen molar-refractivity contribution in [3.8, 4) is 0 Å². The van der Waals surface area contributed by atoms with Crippen molar-refractivity contribution in [3.05, 3.63) is 39.6 Å². The molecule has 0 spiro atoms. The van der Waals surface area contributed by atoms with Gasteiger partial charge in [0.15, 0.2) is 0 Å². The summed E-state index contributed by atoms with van der Waals surface area (Å²) in [5.74, 6) is 0. The quantitative estimate of drug-likeness (QED) is 0.668. The molecule has 0 aromatic carbocycles. The summed E-state index contributed by atoms with van der Waals surface area (Å²) < 4.78 is 1.93. The molecule has 2 rings (SSSR count). The Balaban J connectivity index is 0.000000151. The van der Waals surface area contributed by atoms with E-state index in [1.54, 1.807) is 6.33 Å². The van der Waals surface area contributed by atoms with Crippen LogP contribution in [0.25, 0.3) is 0 Å². The Labute approximate surface area is 95.6 Å². The summed E-state index contributed by atoms with van der Waals surface area (Å²) in [6.45, 7) is 8.45. The second kappa shape index (κ2) is 5.12. The molecular formula is C12H18N2S. The van der Waals surface area contributed by atoms with E-state index in [0.29, 0.717) is 0 Å². The molecule has 0 aliphatic heterocycles. The fourth-order valence-corrected chi connectivity index (χ4v) is 2.04. The van der Waals surface area contributed by atoms with Crippen LogP contribution in [0, 0.1) is 27.7 Å². The van der Waals surface area contributed by atoms with E-state index in [2.05, 4.69) is 31.1 Å². The number of nitrogens with zero attached hydrogens (tertiary/aromatic N) is 2. The van der Waals surface area contributed by atoms with E-state index >= 15 is 0 Å². The van der Waals surface area contributed by atoms with Crippen LogP contribution in [0.1, 0.15) is 21.7 Å². The molecule has 0 saturated carbocycles. The molecule has 3 heteroatoms. The Kier molecular flexibility index (Phi) is 4.09. The maximum atomic E-state index is 3.98. The molecule has 0 bridgehead atoms. The number of hydrogen-bond acceptors (Lipinski definition) is 2. The first kappa shape index (κ1) is 12.0. The lowest BCUT2D eigenvalue weighted by Crippen LogP contribution is -1.76. The van der Waals surface area contributed by atoms with Gasteiger partial charge in [0.25, 0.3) is 0 Å². The summed E-state index contributed by atoms with van der Waals surface area (Å²) in [4.78, 5) is 5.43. The average Bonchev–Trinajstić information content (AvgIpc) is 2.68. The van der Waals surface area contributed by atoms with E-state index in [-0.39, 0.29) is 0 Å². The van der Waals surface area contributed by atoms with Crippen LogP contribution in [0.2, 0.25) is 0 Å². The highest BCUT2D eigenvalue weighted by Gasteiger charge is 1.95. The van der Waals surface area contributed by atoms with E-state index in [0.717, 1.165) is 5.69 Å². The second-order valence-electron chi connectivity index (χ2n) is 3.78. The number of imidazole rings is 1. The average molecular weight is 222 g/mol. The van der Waals surface area contributed by atoms with Gasteiger partial charge >= 0.3 is 0 Å². The Morgan fingerprint density at radius 1 is 1.20 bits per heavy atom. The second-order valence-corrected chi connectivity index (χ2v) is 4.86. The Morgan fingerprint density at radius 3 is 2.00 bits per heavy atom. The maximum absolute atomic E-state index is 3.98. The fraction of sp³-hybridized carbons (Fsp3) is 0.417. The van der Waals surface area contributed by atoms with Gasteiger partial charge in [-0.15, -0.1) is 11.3 Å². The van der Waals surface area contributed by atoms with Crippen molar-refractivity contribution in [1.82, 2.24) is 9.55 Å². The summed E-state index contributed by atoms with van der Waals surface area (Å²) in [6, 6.07) is 0. The van der Waals surface area contributed by atoms with E-state index in [1.165, 1.54) is 16.0 Å². The van der Waals surface area contributed by atoms with Gasteiger partial charge in [0.05, 0.1) is 12.0 Å². The predicted molar refractivity (Wildman–Crippen MR) is 66.5 cm³/mol. The molecule has 0 saturated heterocycles. The molecule has 2 aromatic rings. The van der Waals surface area contributed by atoms with Gasteiger partial charge in [-0.3, -0.25) is 0 Å². The highest BCUT2D eigenvalue weighted by atomic mass is 32.1. The minimum absolute atomic E-state index is 1.07. The monoisotopic (exact) mass is 222 g/mol. The Bertz CT molecular complexity index is 391. The maximum Gasteiger partial charge on any atom is 0.0946 e. The third-order valence-electron chi connectivity index (χ3n) is 2.37. The zero-order valence-electron chi connectivity index (χ0n) is 10.0. The van der Waals surface area contributed by atoms with Crippen LogP contribution >= 0.6 is 11.3 Å². The van der Waals surface area contributed by atoms with Crippen LogP contribution in [0.15, 0.2) is 17.9 Å². The highest BCUT2D eigenvalue weighted by Crippen LogP contribution is 2.18. The highest BCUT2D eigenvalue weighted by molar-refractivity contribution is 7.10. The molecule has 0 aliphatic carbocycles. The zero-order chi connectivity index (χ0) is 11.4. The molecule has 0 radical (unpaired) electrons. The number of rotatable bonds is 0. The lowest BCUT2D eigenvalue weighted by molar-refractivity contribution is 0.913. The largest absolute Gasteiger partial charge is 0.340 e. The van der Waals surface area contributed by atoms with Gasteiger partial charge in [0.2, 0.25) is 0 Å². The topological polar surface area (TPSA) is 17.8 Å². The van der Waals surface area contributed by atoms with Gasteiger partial charge in [-0.1, -0.05) is 0 Å². The van der Waals surface area contributed by atoms with Crippen LogP contribution in [0.3, 0.4) is 0 Å². The molecule has 15 heavy (non-hydrogen) atoms. The molecule has 0 unspecified atom stereocenters. The molecule has 0 amide bonds. The third kappa shape index (κ3) is 3.51. The minimum Gasteiger partial charge on any atom is -0.340 e. The van der Waals surface area contributed by atoms with E-state index in [4.69, 9.17) is 0 Å². The van der Waals surface area contributed by atoms with Crippen LogP contribution in [0.5, 0.6) is 0 Å². The van der Waals surface area contributed by atoms with Gasteiger partial charge in [0, 0.05) is 18.1 Å². The van der Waals surface area contributed by atoms with Gasteiger partial charge in [-0.05, 0) is 44.2 Å². The lowest BCUT2D eigenvalue weighted by atomic mass is 10.2. The first-order valence-corrected chi connectivity index (χ1v) is 5.84. The standard InChI is InChI=1S/C7H10S.C5H8N2/c1-5-4-8-7(3)6(5)2;1-5-3-7(2)4-6-5/h4H,1-3H3;3-4H,1-2H3. The number of aryl methyl sites for hydroxylation is 4. The molecule has 0 fully saturated rings. The summed E-state index contributed by atoms with van der Waals surface area (Å²) >= 11 is 1.83. The van der Waals surface area contributed by atoms with Crippen molar-refractivity contribution in [2.75, 3.05) is 0 Å². The van der Waals surface area contributed by atoms with Crippen LogP contribution in [-0.2, 0) is 7.05 Å². The van der Waals surface area contributed by atoms with Crippen molar-refractivity contribution in [1.29, 1.82) is 0 Å². The summed E-state index contributed by atoms with van der Waals surface area (Å²) in [5.41, 5.74) is 3.95. The Hall–Kier alpha value is -1.09. The van der Waals surface area contributed by atoms with Crippen LogP contribution < -0.4 is 0 Å². The summed E-state index contributed by atoms with van der Waals surface area (Å²) in [6.07, 6.45) is 3.76. The molecule has 0 aliphatic rings. The SMILES string of the molecule is Cc1cn(C)cn1.Cc1csc(C)c1C. The predicted octanol–water partition coefficient (Wildman–Crippen LogP) is 3.40. The van der Waals surface area contributed by atoms with Crippen LogP contribution in [-0.4, -0.2) is 9.55 Å². The smallest absolute Gasteiger partial charge is 0.0946 e. The van der Waals surface area contributed by atoms with E-state index in [9.17, 15) is 0 Å². The molecule has 0 atom stereocenters. The zero-order valence-corrected chi connectivity index (χ0v) is 10.9. The summed E-state index contributed by atoms with van der Waals surface area (Å²) in [7, 11) is 1.96. The van der Waals surface area contributed by atoms with Gasteiger partial charge in [0.1, 0.15) is 0 Å². The minimum atomic E-state index is 1.07. The van der Waals surface area contributed by atoms with Gasteiger partial charge < -0.3 is 4.57 Å². The van der Waals surface area contributed by atoms with Gasteiger partial charge in [-0.2, -0.15) is 0 Å². The van der Waals surface area contributed by atoms with Crippen molar-refractivity contribution in [3.63, 3.8) is 0 Å². The van der Waals surface area contributed by atoms with Crippen LogP contribution in [0.4, 0.5) is 0 Å². The van der Waals surface area contributed by atoms with E-state index < -0.39 is 0 Å². The number of aromatic nitrogens is 2. The van der Waals surface area contributed by atoms with E-state index in [1.807, 2.05) is 36.1 Å². The molecule has 2 aromatic heterocycles. The third-order valence-corrected chi connectivity index (χ3v) is 3.50. The van der Waals surface area contributed by atoms with Crippen molar-refractivity contribution < 1.29 is 0 Å². The first-order chi connectivity index (χ1) is 7.00. The number of hydrogen-bond donors (Lipinski definition) is 0.